The van der Waals surface area contributed by atoms with E-state index in [0.29, 0.717) is 5.56 Å². The van der Waals surface area contributed by atoms with E-state index in [1.807, 2.05) is 58.0 Å². The van der Waals surface area contributed by atoms with Gasteiger partial charge in [-0.25, -0.2) is 4.39 Å². The lowest BCUT2D eigenvalue weighted by Crippen LogP contribution is -2.63. The first-order valence-electron chi connectivity index (χ1n) is 10.9. The minimum atomic E-state index is -0.604. The molecule has 1 aliphatic heterocycles. The average Bonchev–Trinajstić information content (AvgIpc) is 2.73. The van der Waals surface area contributed by atoms with Gasteiger partial charge in [0.15, 0.2) is 5.96 Å². The summed E-state index contributed by atoms with van der Waals surface area (Å²) in [5.41, 5.74) is 1.06. The van der Waals surface area contributed by atoms with Crippen LogP contribution < -0.4 is 10.6 Å². The van der Waals surface area contributed by atoms with E-state index in [1.54, 1.807) is 13.0 Å². The van der Waals surface area contributed by atoms with Crippen LogP contribution in [0.1, 0.15) is 74.6 Å². The third kappa shape index (κ3) is 4.82. The summed E-state index contributed by atoms with van der Waals surface area (Å²) < 4.78 is 14.4. The molecule has 3 atom stereocenters. The monoisotopic (exact) mass is 438 g/mol. The van der Waals surface area contributed by atoms with Crippen molar-refractivity contribution in [1.29, 1.82) is 5.41 Å². The number of nitrogens with one attached hydrogen (secondary N) is 3. The lowest BCUT2D eigenvalue weighted by molar-refractivity contribution is -0.132. The van der Waals surface area contributed by atoms with E-state index in [2.05, 4.69) is 10.6 Å². The zero-order valence-electron chi connectivity index (χ0n) is 19.2. The number of guanidine groups is 1. The van der Waals surface area contributed by atoms with Gasteiger partial charge in [-0.05, 0) is 56.0 Å². The Morgan fingerprint density at radius 1 is 1.12 bits per heavy atom. The number of hydrogen-bond acceptors (Lipinski definition) is 3. The van der Waals surface area contributed by atoms with Gasteiger partial charge in [0.05, 0.1) is 18.5 Å². The van der Waals surface area contributed by atoms with E-state index in [4.69, 9.17) is 5.41 Å². The number of rotatable bonds is 6. The molecule has 1 saturated heterocycles. The molecule has 3 rings (SSSR count). The van der Waals surface area contributed by atoms with Gasteiger partial charge in [-0.15, -0.1) is 0 Å². The Hall–Kier alpha value is -3.22. The first-order valence-corrected chi connectivity index (χ1v) is 10.9. The molecule has 1 fully saturated rings. The topological polar surface area (TPSA) is 85.3 Å². The van der Waals surface area contributed by atoms with Crippen LogP contribution >= 0.6 is 0 Å². The quantitative estimate of drug-likeness (QED) is 0.619. The molecule has 2 amide bonds. The Labute approximate surface area is 188 Å². The van der Waals surface area contributed by atoms with Crippen LogP contribution in [0, 0.1) is 17.1 Å². The molecule has 7 heteroatoms. The fourth-order valence-electron chi connectivity index (χ4n) is 3.90. The Morgan fingerprint density at radius 2 is 1.78 bits per heavy atom. The van der Waals surface area contributed by atoms with Crippen LogP contribution in [-0.2, 0) is 4.79 Å². The summed E-state index contributed by atoms with van der Waals surface area (Å²) in [6, 6.07) is 12.7. The maximum absolute atomic E-state index is 14.4. The van der Waals surface area contributed by atoms with Crippen LogP contribution in [0.3, 0.4) is 0 Å². The highest BCUT2D eigenvalue weighted by atomic mass is 19.1. The van der Waals surface area contributed by atoms with Crippen molar-refractivity contribution in [2.24, 2.45) is 5.92 Å². The molecule has 0 aromatic heterocycles. The van der Waals surface area contributed by atoms with E-state index in [9.17, 15) is 14.0 Å². The first-order chi connectivity index (χ1) is 15.0. The Bertz CT molecular complexity index is 1000. The summed E-state index contributed by atoms with van der Waals surface area (Å²) in [7, 11) is 0. The second-order valence-electron chi connectivity index (χ2n) is 9.04. The van der Waals surface area contributed by atoms with E-state index < -0.39 is 23.3 Å². The molecule has 0 saturated carbocycles. The molecular weight excluding hydrogens is 407 g/mol. The smallest absolute Gasteiger partial charge is 0.251 e. The van der Waals surface area contributed by atoms with Gasteiger partial charge in [-0.3, -0.25) is 19.9 Å². The number of benzene rings is 2. The van der Waals surface area contributed by atoms with Crippen LogP contribution in [0.5, 0.6) is 0 Å². The molecule has 2 aromatic rings. The van der Waals surface area contributed by atoms with Crippen molar-refractivity contribution in [3.05, 3.63) is 71.0 Å². The molecule has 3 N–H and O–H groups in total. The van der Waals surface area contributed by atoms with Crippen molar-refractivity contribution in [3.8, 4) is 0 Å². The summed E-state index contributed by atoms with van der Waals surface area (Å²) in [6.07, 6.45) is 0.231. The molecule has 0 unspecified atom stereocenters. The standard InChI is InChI=1S/C25H31FN4O2/c1-15(2)25(5)14-22(31)30(24(27)29-25)17(4)19-11-20(13-21(26)12-19)23(32)28-16(3)18-9-7-6-8-10-18/h6-13,15-17H,14H2,1-5H3,(H2,27,29)(H,28,32)/t16-,17+,25-/m0/s1. The van der Waals surface area contributed by atoms with Crippen molar-refractivity contribution in [2.45, 2.75) is 58.7 Å². The number of nitrogens with zero attached hydrogens (tertiary/aromatic N) is 1. The van der Waals surface area contributed by atoms with Gasteiger partial charge < -0.3 is 10.6 Å². The maximum Gasteiger partial charge on any atom is 0.251 e. The van der Waals surface area contributed by atoms with E-state index in [0.717, 1.165) is 5.56 Å². The zero-order chi connectivity index (χ0) is 23.6. The highest BCUT2D eigenvalue weighted by molar-refractivity contribution is 6.00. The summed E-state index contributed by atoms with van der Waals surface area (Å²) in [5, 5.41) is 14.4. The number of amides is 2. The Kier molecular flexibility index (Phi) is 6.67. The fourth-order valence-corrected chi connectivity index (χ4v) is 3.90. The molecule has 0 bridgehead atoms. The van der Waals surface area contributed by atoms with Gasteiger partial charge in [0.1, 0.15) is 5.82 Å². The average molecular weight is 439 g/mol. The second kappa shape index (κ2) is 9.10. The number of halogens is 1. The summed E-state index contributed by atoms with van der Waals surface area (Å²) in [6.45, 7) is 9.52. The van der Waals surface area contributed by atoms with Gasteiger partial charge in [-0.1, -0.05) is 44.2 Å². The molecule has 1 aliphatic rings. The minimum absolute atomic E-state index is 0.0158. The van der Waals surface area contributed by atoms with Crippen molar-refractivity contribution < 1.29 is 14.0 Å². The van der Waals surface area contributed by atoms with Gasteiger partial charge >= 0.3 is 0 Å². The minimum Gasteiger partial charge on any atom is -0.350 e. The fraction of sp³-hybridized carbons (Fsp3) is 0.400. The SMILES string of the molecule is CC(C)[C@]1(C)CC(=O)N([C@H](C)c2cc(F)cc(C(=O)N[C@@H](C)c3ccccc3)c2)C(=N)N1. The molecule has 0 spiro atoms. The molecule has 0 aliphatic carbocycles. The van der Waals surface area contributed by atoms with Crippen molar-refractivity contribution in [2.75, 3.05) is 0 Å². The van der Waals surface area contributed by atoms with Gasteiger partial charge in [-0.2, -0.15) is 0 Å². The van der Waals surface area contributed by atoms with E-state index in [-0.39, 0.29) is 35.8 Å². The van der Waals surface area contributed by atoms with E-state index in [1.165, 1.54) is 17.0 Å². The van der Waals surface area contributed by atoms with Crippen LogP contribution in [0.25, 0.3) is 0 Å². The largest absolute Gasteiger partial charge is 0.350 e. The van der Waals surface area contributed by atoms with Crippen LogP contribution in [0.2, 0.25) is 0 Å². The molecule has 1 heterocycles. The van der Waals surface area contributed by atoms with Crippen molar-refractivity contribution in [3.63, 3.8) is 0 Å². The molecule has 2 aromatic carbocycles. The Balaban J connectivity index is 1.81. The second-order valence-corrected chi connectivity index (χ2v) is 9.04. The van der Waals surface area contributed by atoms with Crippen molar-refractivity contribution >= 4 is 17.8 Å². The third-order valence-corrected chi connectivity index (χ3v) is 6.41. The summed E-state index contributed by atoms with van der Waals surface area (Å²) >= 11 is 0. The van der Waals surface area contributed by atoms with E-state index >= 15 is 0 Å². The third-order valence-electron chi connectivity index (χ3n) is 6.41. The lowest BCUT2D eigenvalue weighted by atomic mass is 9.83. The number of hydrogen-bond donors (Lipinski definition) is 3. The highest BCUT2D eigenvalue weighted by Gasteiger charge is 2.42. The molecule has 32 heavy (non-hydrogen) atoms. The summed E-state index contributed by atoms with van der Waals surface area (Å²) in [4.78, 5) is 27.1. The van der Waals surface area contributed by atoms with Gasteiger partial charge in [0.2, 0.25) is 5.91 Å². The first kappa shape index (κ1) is 23.4. The zero-order valence-corrected chi connectivity index (χ0v) is 19.2. The predicted molar refractivity (Wildman–Crippen MR) is 123 cm³/mol. The maximum atomic E-state index is 14.4. The molecule has 0 radical (unpaired) electrons. The Morgan fingerprint density at radius 3 is 2.38 bits per heavy atom. The number of carbonyl (C=O) groups excluding carboxylic acids is 2. The number of carbonyl (C=O) groups is 2. The lowest BCUT2D eigenvalue weighted by Gasteiger charge is -2.45. The highest BCUT2D eigenvalue weighted by Crippen LogP contribution is 2.31. The van der Waals surface area contributed by atoms with Gasteiger partial charge in [0.25, 0.3) is 5.91 Å². The molecular formula is C25H31FN4O2. The summed E-state index contributed by atoms with van der Waals surface area (Å²) in [5.74, 6) is -1.04. The van der Waals surface area contributed by atoms with Gasteiger partial charge in [0, 0.05) is 11.1 Å². The van der Waals surface area contributed by atoms with Crippen LogP contribution in [-0.4, -0.2) is 28.2 Å². The molecule has 6 nitrogen and oxygen atoms in total. The predicted octanol–water partition coefficient (Wildman–Crippen LogP) is 4.55. The molecule has 170 valence electrons. The van der Waals surface area contributed by atoms with Crippen LogP contribution in [0.15, 0.2) is 48.5 Å². The normalized spacial score (nSPS) is 20.7. The van der Waals surface area contributed by atoms with Crippen LogP contribution in [0.4, 0.5) is 4.39 Å². The van der Waals surface area contributed by atoms with Crippen molar-refractivity contribution in [1.82, 2.24) is 15.5 Å².